The molecule has 48 heavy (non-hydrogen) atoms. The van der Waals surface area contributed by atoms with Crippen LogP contribution in [0.25, 0.3) is 0 Å². The number of aliphatic hydroxyl groups is 1. The lowest BCUT2D eigenvalue weighted by molar-refractivity contribution is -0.143. The highest BCUT2D eigenvalue weighted by molar-refractivity contribution is 8.02. The first-order valence-corrected chi connectivity index (χ1v) is 18.1. The maximum absolute atomic E-state index is 15.0. The molecule has 0 bridgehead atoms. The molecule has 1 unspecified atom stereocenters. The summed E-state index contributed by atoms with van der Waals surface area (Å²) in [4.78, 5) is 52.1. The molecule has 2 aromatic carbocycles. The molecule has 9 nitrogen and oxygen atoms in total. The van der Waals surface area contributed by atoms with Gasteiger partial charge in [-0.25, -0.2) is 0 Å². The fourth-order valence-corrected chi connectivity index (χ4v) is 10.4. The third-order valence-corrected chi connectivity index (χ3v) is 12.4. The van der Waals surface area contributed by atoms with Crippen LogP contribution in [0.4, 0.5) is 17.1 Å². The Bertz CT molecular complexity index is 1590. The lowest BCUT2D eigenvalue weighted by atomic mass is 9.74. The second kappa shape index (κ2) is 13.3. The Labute approximate surface area is 288 Å². The van der Waals surface area contributed by atoms with Crippen LogP contribution in [0, 0.1) is 17.8 Å². The van der Waals surface area contributed by atoms with Crippen molar-refractivity contribution in [2.45, 2.75) is 63.1 Å². The molecule has 2 fully saturated rings. The standard InChI is InChI=1S/C38H48N4O5S/c1-7-39(8-2)26-12-14-27(15-13-26)41-23-11-21-38-32(35(45)42(33(38)36(41)46)30(24-43)25(4)5)31-34(44)40(22-10-20-37(31,6)48-38)28-16-18-29(19-17-28)47-9-3/h10-21,25,30-33,43H,7-9,22-24H2,1-6H3/t30-,31-,32-,33?,37+,38-/m0/s1. The molecule has 3 amide bonds. The number of aliphatic hydroxyl groups excluding tert-OH is 1. The first-order chi connectivity index (χ1) is 23.0. The number of hydrogen-bond acceptors (Lipinski definition) is 7. The van der Waals surface area contributed by atoms with Crippen molar-refractivity contribution in [3.63, 3.8) is 0 Å². The number of carbonyl (C=O) groups excluding carboxylic acids is 3. The molecule has 0 saturated carbocycles. The van der Waals surface area contributed by atoms with Gasteiger partial charge < -0.3 is 29.4 Å². The highest BCUT2D eigenvalue weighted by Gasteiger charge is 2.74. The van der Waals surface area contributed by atoms with Gasteiger partial charge in [-0.05, 0) is 82.1 Å². The van der Waals surface area contributed by atoms with Crippen LogP contribution in [-0.2, 0) is 14.4 Å². The van der Waals surface area contributed by atoms with Crippen LogP contribution >= 0.6 is 11.8 Å². The number of benzene rings is 2. The highest BCUT2D eigenvalue weighted by Crippen LogP contribution is 2.66. The zero-order valence-electron chi connectivity index (χ0n) is 28.8. The van der Waals surface area contributed by atoms with Crippen LogP contribution in [0.1, 0.15) is 41.5 Å². The van der Waals surface area contributed by atoms with Crippen molar-refractivity contribution in [2.75, 3.05) is 54.1 Å². The minimum atomic E-state index is -1.01. The molecule has 256 valence electrons. The van der Waals surface area contributed by atoms with Crippen molar-refractivity contribution in [1.82, 2.24) is 4.90 Å². The Kier molecular flexibility index (Phi) is 9.43. The monoisotopic (exact) mass is 672 g/mol. The molecule has 1 N–H and O–H groups in total. The van der Waals surface area contributed by atoms with E-state index in [1.807, 2.05) is 94.5 Å². The lowest BCUT2D eigenvalue weighted by Crippen LogP contribution is -2.58. The first-order valence-electron chi connectivity index (χ1n) is 17.2. The van der Waals surface area contributed by atoms with Gasteiger partial charge in [0.05, 0.1) is 35.8 Å². The molecule has 0 aromatic heterocycles. The molecule has 6 rings (SSSR count). The van der Waals surface area contributed by atoms with E-state index in [1.165, 1.54) is 0 Å². The molecule has 4 aliphatic heterocycles. The van der Waals surface area contributed by atoms with Crippen molar-refractivity contribution in [2.24, 2.45) is 17.8 Å². The van der Waals surface area contributed by atoms with Gasteiger partial charge in [0.25, 0.3) is 5.91 Å². The molecular formula is C38H48N4O5S. The summed E-state index contributed by atoms with van der Waals surface area (Å²) in [6.07, 6.45) is 8.09. The topological polar surface area (TPSA) is 93.6 Å². The summed E-state index contributed by atoms with van der Waals surface area (Å²) in [6.45, 7) is 14.8. The number of amides is 3. The Morgan fingerprint density at radius 2 is 1.44 bits per heavy atom. The number of hydrogen-bond donors (Lipinski definition) is 1. The van der Waals surface area contributed by atoms with Crippen LogP contribution in [0.5, 0.6) is 5.75 Å². The zero-order chi connectivity index (χ0) is 34.4. The number of nitrogens with zero attached hydrogens (tertiary/aromatic N) is 4. The molecule has 0 radical (unpaired) electrons. The molecule has 6 atom stereocenters. The van der Waals surface area contributed by atoms with E-state index in [1.54, 1.807) is 26.5 Å². The van der Waals surface area contributed by atoms with Crippen molar-refractivity contribution in [3.05, 3.63) is 72.8 Å². The minimum absolute atomic E-state index is 0.113. The van der Waals surface area contributed by atoms with Gasteiger partial charge in [-0.3, -0.25) is 14.4 Å². The number of carbonyl (C=O) groups is 3. The largest absolute Gasteiger partial charge is 0.494 e. The van der Waals surface area contributed by atoms with Crippen LogP contribution in [0.2, 0.25) is 0 Å². The second-order valence-corrected chi connectivity index (χ2v) is 15.3. The van der Waals surface area contributed by atoms with E-state index in [-0.39, 0.29) is 30.2 Å². The van der Waals surface area contributed by atoms with Gasteiger partial charge in [-0.1, -0.05) is 38.2 Å². The quantitative estimate of drug-likeness (QED) is 0.350. The van der Waals surface area contributed by atoms with Crippen molar-refractivity contribution < 1.29 is 24.2 Å². The maximum atomic E-state index is 15.0. The molecule has 1 spiro atoms. The fourth-order valence-electron chi connectivity index (χ4n) is 8.22. The molecule has 2 saturated heterocycles. The van der Waals surface area contributed by atoms with Gasteiger partial charge in [0.2, 0.25) is 11.8 Å². The summed E-state index contributed by atoms with van der Waals surface area (Å²) >= 11 is 1.56. The summed E-state index contributed by atoms with van der Waals surface area (Å²) in [5.74, 6) is -1.50. The normalized spacial score (nSPS) is 28.7. The van der Waals surface area contributed by atoms with E-state index in [2.05, 4.69) is 24.8 Å². The molecular weight excluding hydrogens is 625 g/mol. The van der Waals surface area contributed by atoms with Crippen LogP contribution in [0.3, 0.4) is 0 Å². The molecule has 4 aliphatic rings. The van der Waals surface area contributed by atoms with Crippen molar-refractivity contribution >= 4 is 46.5 Å². The summed E-state index contributed by atoms with van der Waals surface area (Å²) in [5.41, 5.74) is 2.56. The lowest BCUT2D eigenvalue weighted by Gasteiger charge is -2.41. The number of rotatable bonds is 10. The van der Waals surface area contributed by atoms with Gasteiger partial charge in [-0.15, -0.1) is 11.8 Å². The summed E-state index contributed by atoms with van der Waals surface area (Å²) in [5, 5.41) is 10.7. The Hall–Kier alpha value is -3.76. The van der Waals surface area contributed by atoms with Crippen LogP contribution in [0.15, 0.2) is 72.8 Å². The van der Waals surface area contributed by atoms with E-state index in [0.717, 1.165) is 35.9 Å². The third kappa shape index (κ3) is 5.41. The van der Waals surface area contributed by atoms with Crippen molar-refractivity contribution in [3.8, 4) is 5.75 Å². The van der Waals surface area contributed by atoms with Gasteiger partial charge in [0.1, 0.15) is 11.8 Å². The van der Waals surface area contributed by atoms with Gasteiger partial charge in [0.15, 0.2) is 0 Å². The Balaban J connectivity index is 1.43. The maximum Gasteiger partial charge on any atom is 0.251 e. The Morgan fingerprint density at radius 1 is 0.854 bits per heavy atom. The number of thioether (sulfide) groups is 1. The molecule has 4 heterocycles. The van der Waals surface area contributed by atoms with Gasteiger partial charge >= 0.3 is 0 Å². The molecule has 2 aromatic rings. The summed E-state index contributed by atoms with van der Waals surface area (Å²) in [6, 6.07) is 14.0. The predicted molar refractivity (Wildman–Crippen MR) is 193 cm³/mol. The second-order valence-electron chi connectivity index (χ2n) is 13.6. The van der Waals surface area contributed by atoms with Gasteiger partial charge in [-0.2, -0.15) is 0 Å². The van der Waals surface area contributed by atoms with E-state index < -0.39 is 33.4 Å². The minimum Gasteiger partial charge on any atom is -0.494 e. The summed E-state index contributed by atoms with van der Waals surface area (Å²) in [7, 11) is 0. The average Bonchev–Trinajstić information content (AvgIpc) is 3.34. The van der Waals surface area contributed by atoms with E-state index in [0.29, 0.717) is 19.7 Å². The highest BCUT2D eigenvalue weighted by atomic mass is 32.2. The number of fused-ring (bicyclic) bond motifs is 2. The van der Waals surface area contributed by atoms with Crippen LogP contribution < -0.4 is 19.4 Å². The summed E-state index contributed by atoms with van der Waals surface area (Å²) < 4.78 is 3.89. The molecule has 10 heteroatoms. The number of likely N-dealkylation sites (tertiary alicyclic amines) is 1. The van der Waals surface area contributed by atoms with E-state index in [4.69, 9.17) is 4.74 Å². The average molecular weight is 673 g/mol. The Morgan fingerprint density at radius 3 is 2.00 bits per heavy atom. The van der Waals surface area contributed by atoms with Gasteiger partial charge in [0, 0.05) is 48.0 Å². The van der Waals surface area contributed by atoms with Crippen molar-refractivity contribution in [1.29, 1.82) is 0 Å². The number of ether oxygens (including phenoxy) is 1. The fraction of sp³-hybridized carbons (Fsp3) is 0.500. The zero-order valence-corrected chi connectivity index (χ0v) is 29.7. The third-order valence-electron chi connectivity index (χ3n) is 10.6. The molecule has 0 aliphatic carbocycles. The van der Waals surface area contributed by atoms with E-state index >= 15 is 0 Å². The van der Waals surface area contributed by atoms with E-state index in [9.17, 15) is 19.5 Å². The first kappa shape index (κ1) is 34.1. The predicted octanol–water partition coefficient (Wildman–Crippen LogP) is 5.14. The smallest absolute Gasteiger partial charge is 0.251 e. The number of anilines is 3. The van der Waals surface area contributed by atoms with Crippen LogP contribution in [-0.4, -0.2) is 88.7 Å². The SMILES string of the molecule is CCOc1ccc(N2CC=C[C@@]3(C)S[C@]45C=CCN(c6ccc(N(CC)CC)cc6)C(=O)C4N([C@@H](CO)C(C)C)C(=O)[C@@H]5[C@H]3C2=O)cc1.